The minimum atomic E-state index is -4.23. The molecule has 0 atom stereocenters. The summed E-state index contributed by atoms with van der Waals surface area (Å²) in [7, 11) is -5.71. The second-order valence-electron chi connectivity index (χ2n) is 6.67. The summed E-state index contributed by atoms with van der Waals surface area (Å²) in [5.41, 5.74) is -1.61. The van der Waals surface area contributed by atoms with E-state index in [2.05, 4.69) is 0 Å². The highest BCUT2D eigenvalue weighted by Crippen LogP contribution is 2.22. The Labute approximate surface area is 173 Å². The Bertz CT molecular complexity index is 1360. The first-order valence-corrected chi connectivity index (χ1v) is 11.7. The van der Waals surface area contributed by atoms with Crippen LogP contribution >= 0.6 is 0 Å². The van der Waals surface area contributed by atoms with Crippen molar-refractivity contribution in [3.8, 4) is 6.07 Å². The van der Waals surface area contributed by atoms with Crippen LogP contribution in [0.3, 0.4) is 0 Å². The van der Waals surface area contributed by atoms with Crippen molar-refractivity contribution in [3.63, 3.8) is 0 Å². The Balaban J connectivity index is 1.88. The topological polar surface area (TPSA) is 143 Å². The van der Waals surface area contributed by atoms with Crippen molar-refractivity contribution < 1.29 is 16.8 Å². The van der Waals surface area contributed by atoms with E-state index in [4.69, 9.17) is 5.26 Å². The first-order valence-electron chi connectivity index (χ1n) is 8.78. The molecule has 1 aliphatic rings. The van der Waals surface area contributed by atoms with Crippen LogP contribution in [-0.2, 0) is 34.1 Å². The summed E-state index contributed by atoms with van der Waals surface area (Å²) in [6.07, 6.45) is 0.965. The number of hydrogen-bond donors (Lipinski definition) is 0. The molecule has 11 nitrogen and oxygen atoms in total. The second kappa shape index (κ2) is 7.80. The molecule has 2 heterocycles. The number of aryl methyl sites for hydroxylation is 1. The molecule has 0 unspecified atom stereocenters. The van der Waals surface area contributed by atoms with Crippen LogP contribution in [0.1, 0.15) is 5.56 Å². The van der Waals surface area contributed by atoms with Gasteiger partial charge in [0.25, 0.3) is 5.56 Å². The Hall–Kier alpha value is -2.79. The van der Waals surface area contributed by atoms with Gasteiger partial charge in [0.15, 0.2) is 4.90 Å². The Morgan fingerprint density at radius 2 is 1.37 bits per heavy atom. The molecule has 13 heteroatoms. The number of hydrogen-bond acceptors (Lipinski definition) is 7. The van der Waals surface area contributed by atoms with Crippen molar-refractivity contribution in [1.82, 2.24) is 17.7 Å². The zero-order valence-corrected chi connectivity index (χ0v) is 17.9. The van der Waals surface area contributed by atoms with Crippen molar-refractivity contribution in [2.45, 2.75) is 9.79 Å². The van der Waals surface area contributed by atoms with Crippen LogP contribution in [0.15, 0.2) is 49.8 Å². The maximum atomic E-state index is 12.9. The van der Waals surface area contributed by atoms with E-state index in [-0.39, 0.29) is 36.6 Å². The van der Waals surface area contributed by atoms with Crippen molar-refractivity contribution >= 4 is 20.0 Å². The molecule has 1 aromatic carbocycles. The quantitative estimate of drug-likeness (QED) is 0.557. The van der Waals surface area contributed by atoms with Crippen LogP contribution in [0, 0.1) is 11.3 Å². The summed E-state index contributed by atoms with van der Waals surface area (Å²) in [6, 6.07) is 7.61. The summed E-state index contributed by atoms with van der Waals surface area (Å²) in [5.74, 6) is 0. The van der Waals surface area contributed by atoms with E-state index < -0.39 is 36.2 Å². The monoisotopic (exact) mass is 453 g/mol. The fraction of sp³-hybridized carbons (Fsp3) is 0.353. The zero-order chi connectivity index (χ0) is 22.3. The Morgan fingerprint density at radius 1 is 0.867 bits per heavy atom. The van der Waals surface area contributed by atoms with Gasteiger partial charge in [-0.3, -0.25) is 9.36 Å². The molecule has 160 valence electrons. The molecule has 0 aliphatic carbocycles. The normalized spacial score (nSPS) is 16.3. The van der Waals surface area contributed by atoms with E-state index in [1.807, 2.05) is 6.07 Å². The molecule has 0 saturated carbocycles. The average Bonchev–Trinajstić information content (AvgIpc) is 2.74. The molecule has 0 radical (unpaired) electrons. The molecule has 2 aromatic rings. The molecule has 30 heavy (non-hydrogen) atoms. The summed E-state index contributed by atoms with van der Waals surface area (Å²) in [6.45, 7) is -0.647. The highest BCUT2D eigenvalue weighted by molar-refractivity contribution is 7.89. The van der Waals surface area contributed by atoms with Crippen molar-refractivity contribution in [1.29, 1.82) is 5.26 Å². The fourth-order valence-corrected chi connectivity index (χ4v) is 6.30. The van der Waals surface area contributed by atoms with Gasteiger partial charge >= 0.3 is 5.69 Å². The highest BCUT2D eigenvalue weighted by atomic mass is 32.2. The lowest BCUT2D eigenvalue weighted by Gasteiger charge is -2.33. The van der Waals surface area contributed by atoms with Crippen molar-refractivity contribution in [2.75, 3.05) is 26.2 Å². The SMILES string of the molecule is Cn1cc(S(=O)(=O)N2CCN(S(=O)(=O)c3ccccc3C#N)CC2)c(=O)n(C)c1=O. The summed E-state index contributed by atoms with van der Waals surface area (Å²) < 4.78 is 55.5. The van der Waals surface area contributed by atoms with Gasteiger partial charge < -0.3 is 4.57 Å². The van der Waals surface area contributed by atoms with Gasteiger partial charge in [-0.1, -0.05) is 12.1 Å². The third-order valence-corrected chi connectivity index (χ3v) is 8.69. The van der Waals surface area contributed by atoms with Gasteiger partial charge in [0.1, 0.15) is 6.07 Å². The molecule has 0 amide bonds. The first-order chi connectivity index (χ1) is 14.0. The van der Waals surface area contributed by atoms with E-state index in [1.54, 1.807) is 6.07 Å². The highest BCUT2D eigenvalue weighted by Gasteiger charge is 2.36. The van der Waals surface area contributed by atoms with Gasteiger partial charge in [0.2, 0.25) is 20.0 Å². The van der Waals surface area contributed by atoms with E-state index in [1.165, 1.54) is 32.3 Å². The van der Waals surface area contributed by atoms with Crippen LogP contribution in [0.4, 0.5) is 0 Å². The van der Waals surface area contributed by atoms with Crippen LogP contribution in [0.25, 0.3) is 0 Å². The van der Waals surface area contributed by atoms with Gasteiger partial charge in [0, 0.05) is 46.5 Å². The minimum Gasteiger partial charge on any atom is -0.302 e. The first kappa shape index (κ1) is 21.9. The van der Waals surface area contributed by atoms with Gasteiger partial charge in [-0.25, -0.2) is 21.6 Å². The van der Waals surface area contributed by atoms with E-state index in [0.29, 0.717) is 4.57 Å². The van der Waals surface area contributed by atoms with Gasteiger partial charge in [-0.15, -0.1) is 0 Å². The summed E-state index contributed by atoms with van der Waals surface area (Å²) in [5, 5.41) is 9.17. The molecule has 0 N–H and O–H groups in total. The van der Waals surface area contributed by atoms with Crippen LogP contribution in [-0.4, -0.2) is 60.8 Å². The fourth-order valence-electron chi connectivity index (χ4n) is 3.16. The third kappa shape index (κ3) is 3.58. The molecule has 1 aromatic heterocycles. The van der Waals surface area contributed by atoms with Crippen LogP contribution < -0.4 is 11.2 Å². The summed E-state index contributed by atoms with van der Waals surface area (Å²) in [4.78, 5) is 23.4. The maximum Gasteiger partial charge on any atom is 0.330 e. The number of sulfonamides is 2. The largest absolute Gasteiger partial charge is 0.330 e. The number of rotatable bonds is 4. The van der Waals surface area contributed by atoms with Gasteiger partial charge in [0.05, 0.1) is 10.5 Å². The number of nitriles is 1. The molecule has 1 aliphatic heterocycles. The van der Waals surface area contributed by atoms with Gasteiger partial charge in [-0.2, -0.15) is 13.9 Å². The lowest BCUT2D eigenvalue weighted by Crippen LogP contribution is -2.51. The molecule has 1 fully saturated rings. The van der Waals surface area contributed by atoms with E-state index in [9.17, 15) is 26.4 Å². The lowest BCUT2D eigenvalue weighted by molar-refractivity contribution is 0.272. The molecular weight excluding hydrogens is 434 g/mol. The second-order valence-corrected chi connectivity index (χ2v) is 10.5. The molecule has 0 bridgehead atoms. The predicted octanol–water partition coefficient (Wildman–Crippen LogP) is -1.35. The molecule has 1 saturated heterocycles. The molecule has 3 rings (SSSR count). The Morgan fingerprint density at radius 3 is 1.90 bits per heavy atom. The number of aromatic nitrogens is 2. The van der Waals surface area contributed by atoms with Gasteiger partial charge in [-0.05, 0) is 12.1 Å². The van der Waals surface area contributed by atoms with E-state index in [0.717, 1.165) is 19.4 Å². The third-order valence-electron chi connectivity index (χ3n) is 4.86. The number of benzene rings is 1. The zero-order valence-electron chi connectivity index (χ0n) is 16.2. The van der Waals surface area contributed by atoms with E-state index >= 15 is 0 Å². The van der Waals surface area contributed by atoms with Crippen molar-refractivity contribution in [2.24, 2.45) is 14.1 Å². The predicted molar refractivity (Wildman–Crippen MR) is 106 cm³/mol. The summed E-state index contributed by atoms with van der Waals surface area (Å²) >= 11 is 0. The Kier molecular flexibility index (Phi) is 5.70. The van der Waals surface area contributed by atoms with Crippen LogP contribution in [0.2, 0.25) is 0 Å². The smallest absolute Gasteiger partial charge is 0.302 e. The maximum absolute atomic E-state index is 12.9. The number of nitrogens with zero attached hydrogens (tertiary/aromatic N) is 5. The van der Waals surface area contributed by atoms with Crippen LogP contribution in [0.5, 0.6) is 0 Å². The lowest BCUT2D eigenvalue weighted by atomic mass is 10.2. The molecule has 0 spiro atoms. The standard InChI is InChI=1S/C17H19N5O6S2/c1-19-12-15(16(23)20(2)17(19)24)30(27,28)22-9-7-21(8-10-22)29(25,26)14-6-4-3-5-13(14)11-18/h3-6,12H,7-10H2,1-2H3. The average molecular weight is 454 g/mol. The number of piperazine rings is 1. The minimum absolute atomic E-state index is 0.00116. The molecular formula is C17H19N5O6S2. The van der Waals surface area contributed by atoms with Crippen molar-refractivity contribution in [3.05, 3.63) is 56.9 Å².